The number of nitrogens with one attached hydrogen (secondary N) is 1. The van der Waals surface area contributed by atoms with Crippen LogP contribution in [0.3, 0.4) is 0 Å². The number of carboxylic acids is 1. The van der Waals surface area contributed by atoms with Gasteiger partial charge in [-0.15, -0.1) is 0 Å². The van der Waals surface area contributed by atoms with Crippen molar-refractivity contribution in [1.29, 1.82) is 0 Å². The average molecular weight is 263 g/mol. The molecule has 1 unspecified atom stereocenters. The minimum atomic E-state index is -0.933. The first kappa shape index (κ1) is 14.0. The van der Waals surface area contributed by atoms with E-state index < -0.39 is 5.97 Å². The molecule has 0 radical (unpaired) electrons. The Morgan fingerprint density at radius 1 is 1.58 bits per heavy atom. The smallest absolute Gasteiger partial charge is 0.337 e. The number of likely N-dealkylation sites (tertiary alicyclic amines) is 1. The Morgan fingerprint density at radius 3 is 3.00 bits per heavy atom. The zero-order chi connectivity index (χ0) is 13.7. The van der Waals surface area contributed by atoms with Crippen molar-refractivity contribution >= 4 is 5.97 Å². The fraction of sp³-hybridized carbons (Fsp3) is 0.571. The molecule has 1 atom stereocenters. The Balaban J connectivity index is 1.72. The number of carboxylic acid groups (broad SMARTS) is 1. The molecule has 1 aromatic rings. The summed E-state index contributed by atoms with van der Waals surface area (Å²) in [5.74, 6) is -0.212. The molecular weight excluding hydrogens is 242 g/mol. The van der Waals surface area contributed by atoms with E-state index in [2.05, 4.69) is 22.1 Å². The molecular formula is C14H21N3O2. The Morgan fingerprint density at radius 2 is 2.42 bits per heavy atom. The van der Waals surface area contributed by atoms with Gasteiger partial charge in [0.2, 0.25) is 0 Å². The summed E-state index contributed by atoms with van der Waals surface area (Å²) in [5.41, 5.74) is 1.12. The molecule has 5 nitrogen and oxygen atoms in total. The van der Waals surface area contributed by atoms with Crippen molar-refractivity contribution in [2.45, 2.75) is 19.9 Å². The minimum absolute atomic E-state index is 0.234. The molecule has 2 N–H and O–H groups in total. The second-order valence-electron chi connectivity index (χ2n) is 5.02. The van der Waals surface area contributed by atoms with E-state index in [0.717, 1.165) is 24.7 Å². The lowest BCUT2D eigenvalue weighted by Gasteiger charge is -2.13. The van der Waals surface area contributed by atoms with Crippen LogP contribution >= 0.6 is 0 Å². The van der Waals surface area contributed by atoms with E-state index in [-0.39, 0.29) is 5.56 Å². The number of nitrogens with zero attached hydrogens (tertiary/aromatic N) is 2. The van der Waals surface area contributed by atoms with E-state index in [0.29, 0.717) is 6.54 Å². The minimum Gasteiger partial charge on any atom is -0.478 e. The van der Waals surface area contributed by atoms with Gasteiger partial charge in [0.05, 0.1) is 11.3 Å². The SMILES string of the molecule is CCN1CCC(CNCc2ccc(C(=O)O)cn2)C1. The maximum Gasteiger partial charge on any atom is 0.337 e. The first-order valence-electron chi connectivity index (χ1n) is 6.80. The van der Waals surface area contributed by atoms with Gasteiger partial charge >= 0.3 is 5.97 Å². The topological polar surface area (TPSA) is 65.5 Å². The van der Waals surface area contributed by atoms with Crippen molar-refractivity contribution in [3.05, 3.63) is 29.6 Å². The van der Waals surface area contributed by atoms with Crippen LogP contribution in [-0.2, 0) is 6.54 Å². The largest absolute Gasteiger partial charge is 0.478 e. The van der Waals surface area contributed by atoms with E-state index in [1.54, 1.807) is 12.1 Å². The fourth-order valence-corrected chi connectivity index (χ4v) is 2.43. The molecule has 1 aliphatic heterocycles. The van der Waals surface area contributed by atoms with Gasteiger partial charge in [-0.3, -0.25) is 4.98 Å². The van der Waals surface area contributed by atoms with Crippen LogP contribution in [0.15, 0.2) is 18.3 Å². The Labute approximate surface area is 113 Å². The first-order valence-corrected chi connectivity index (χ1v) is 6.80. The van der Waals surface area contributed by atoms with Crippen molar-refractivity contribution in [3.8, 4) is 0 Å². The lowest BCUT2D eigenvalue weighted by molar-refractivity contribution is 0.0696. The predicted octanol–water partition coefficient (Wildman–Crippen LogP) is 1.21. The van der Waals surface area contributed by atoms with Crippen LogP contribution < -0.4 is 5.32 Å². The summed E-state index contributed by atoms with van der Waals surface area (Å²) in [5, 5.41) is 12.2. The Kier molecular flexibility index (Phi) is 4.87. The standard InChI is InChI=1S/C14H21N3O2/c1-2-17-6-5-11(10-17)7-15-9-13-4-3-12(8-16-13)14(18)19/h3-4,8,11,15H,2,5-7,9-10H2,1H3,(H,18,19). The van der Waals surface area contributed by atoms with Crippen LogP contribution in [0, 0.1) is 5.92 Å². The summed E-state index contributed by atoms with van der Waals surface area (Å²) >= 11 is 0. The normalized spacial score (nSPS) is 19.7. The molecule has 1 aliphatic rings. The van der Waals surface area contributed by atoms with Crippen LogP contribution in [0.4, 0.5) is 0 Å². The number of carbonyl (C=O) groups is 1. The van der Waals surface area contributed by atoms with Crippen molar-refractivity contribution < 1.29 is 9.90 Å². The molecule has 0 spiro atoms. The number of rotatable bonds is 6. The van der Waals surface area contributed by atoms with E-state index >= 15 is 0 Å². The van der Waals surface area contributed by atoms with Crippen molar-refractivity contribution in [2.24, 2.45) is 5.92 Å². The third kappa shape index (κ3) is 4.01. The number of pyridine rings is 1. The van der Waals surface area contributed by atoms with Gasteiger partial charge in [0.15, 0.2) is 0 Å². The molecule has 104 valence electrons. The van der Waals surface area contributed by atoms with Gasteiger partial charge in [0, 0.05) is 19.3 Å². The van der Waals surface area contributed by atoms with Crippen LogP contribution in [0.2, 0.25) is 0 Å². The lowest BCUT2D eigenvalue weighted by atomic mass is 10.1. The van der Waals surface area contributed by atoms with Crippen molar-refractivity contribution in [1.82, 2.24) is 15.2 Å². The van der Waals surface area contributed by atoms with Gasteiger partial charge < -0.3 is 15.3 Å². The summed E-state index contributed by atoms with van der Waals surface area (Å²) in [7, 11) is 0. The molecule has 1 aromatic heterocycles. The summed E-state index contributed by atoms with van der Waals surface area (Å²) in [6, 6.07) is 3.37. The monoisotopic (exact) mass is 263 g/mol. The fourth-order valence-electron chi connectivity index (χ4n) is 2.43. The van der Waals surface area contributed by atoms with Gasteiger partial charge in [0.25, 0.3) is 0 Å². The Bertz CT molecular complexity index is 419. The quantitative estimate of drug-likeness (QED) is 0.807. The molecule has 0 bridgehead atoms. The van der Waals surface area contributed by atoms with Gasteiger partial charge in [-0.25, -0.2) is 4.79 Å². The number of aromatic nitrogens is 1. The molecule has 0 saturated carbocycles. The zero-order valence-corrected chi connectivity index (χ0v) is 11.3. The second kappa shape index (κ2) is 6.63. The second-order valence-corrected chi connectivity index (χ2v) is 5.02. The molecule has 0 aromatic carbocycles. The van der Waals surface area contributed by atoms with Gasteiger partial charge in [-0.1, -0.05) is 6.92 Å². The van der Waals surface area contributed by atoms with Crippen molar-refractivity contribution in [3.63, 3.8) is 0 Å². The highest BCUT2D eigenvalue weighted by atomic mass is 16.4. The highest BCUT2D eigenvalue weighted by Gasteiger charge is 2.20. The Hall–Kier alpha value is -1.46. The molecule has 2 rings (SSSR count). The summed E-state index contributed by atoms with van der Waals surface area (Å²) < 4.78 is 0. The predicted molar refractivity (Wildman–Crippen MR) is 73.1 cm³/mol. The number of hydrogen-bond acceptors (Lipinski definition) is 4. The van der Waals surface area contributed by atoms with Gasteiger partial charge in [-0.2, -0.15) is 0 Å². The third-order valence-electron chi connectivity index (χ3n) is 3.63. The summed E-state index contributed by atoms with van der Waals surface area (Å²) in [6.07, 6.45) is 2.67. The van der Waals surface area contributed by atoms with E-state index in [1.165, 1.54) is 25.7 Å². The van der Waals surface area contributed by atoms with Gasteiger partial charge in [0.1, 0.15) is 0 Å². The number of hydrogen-bond donors (Lipinski definition) is 2. The van der Waals surface area contributed by atoms with Crippen LogP contribution in [-0.4, -0.2) is 47.1 Å². The summed E-state index contributed by atoms with van der Waals surface area (Å²) in [6.45, 7) is 7.41. The first-order chi connectivity index (χ1) is 9.19. The van der Waals surface area contributed by atoms with E-state index in [1.807, 2.05) is 0 Å². The maximum atomic E-state index is 10.7. The average Bonchev–Trinajstić information content (AvgIpc) is 2.87. The maximum absolute atomic E-state index is 10.7. The van der Waals surface area contributed by atoms with Crippen LogP contribution in [0.1, 0.15) is 29.4 Å². The molecule has 2 heterocycles. The highest BCUT2D eigenvalue weighted by molar-refractivity contribution is 5.87. The number of aromatic carboxylic acids is 1. The van der Waals surface area contributed by atoms with Gasteiger partial charge in [-0.05, 0) is 44.1 Å². The molecule has 0 amide bonds. The van der Waals surface area contributed by atoms with E-state index in [4.69, 9.17) is 5.11 Å². The van der Waals surface area contributed by atoms with Crippen LogP contribution in [0.5, 0.6) is 0 Å². The zero-order valence-electron chi connectivity index (χ0n) is 11.3. The summed E-state index contributed by atoms with van der Waals surface area (Å²) in [4.78, 5) is 17.3. The molecule has 0 aliphatic carbocycles. The highest BCUT2D eigenvalue weighted by Crippen LogP contribution is 2.14. The van der Waals surface area contributed by atoms with Crippen molar-refractivity contribution in [2.75, 3.05) is 26.2 Å². The lowest BCUT2D eigenvalue weighted by Crippen LogP contribution is -2.26. The molecule has 19 heavy (non-hydrogen) atoms. The molecule has 5 heteroatoms. The third-order valence-corrected chi connectivity index (χ3v) is 3.63. The molecule has 1 saturated heterocycles. The molecule has 1 fully saturated rings. The van der Waals surface area contributed by atoms with E-state index in [9.17, 15) is 4.79 Å². The van der Waals surface area contributed by atoms with Crippen LogP contribution in [0.25, 0.3) is 0 Å².